The summed E-state index contributed by atoms with van der Waals surface area (Å²) in [5.41, 5.74) is 0.722. The molecule has 0 aliphatic carbocycles. The van der Waals surface area contributed by atoms with Crippen LogP contribution in [0.3, 0.4) is 0 Å². The Morgan fingerprint density at radius 2 is 2.13 bits per heavy atom. The molecule has 0 aliphatic heterocycles. The van der Waals surface area contributed by atoms with Gasteiger partial charge in [0, 0.05) is 6.54 Å². The summed E-state index contributed by atoms with van der Waals surface area (Å²) in [4.78, 5) is 1.30. The van der Waals surface area contributed by atoms with E-state index in [2.05, 4.69) is 10.2 Å². The lowest BCUT2D eigenvalue weighted by Gasteiger charge is -2.21. The first-order chi connectivity index (χ1) is 7.13. The van der Waals surface area contributed by atoms with Crippen LogP contribution in [0, 0.1) is 6.92 Å². The largest absolute Gasteiger partial charge is 0.395 e. The summed E-state index contributed by atoms with van der Waals surface area (Å²) in [7, 11) is 0. The Balaban J connectivity index is 2.74. The Kier molecular flexibility index (Phi) is 4.36. The number of aliphatic hydroxyl groups is 1. The smallest absolute Gasteiger partial charge is 0.255 e. The molecule has 0 radical (unpaired) electrons. The molecule has 1 heterocycles. The van der Waals surface area contributed by atoms with E-state index in [1.807, 2.05) is 0 Å². The molecule has 1 aromatic rings. The average molecular weight is 217 g/mol. The molecular formula is C9H13F2N3O. The second-order valence-corrected chi connectivity index (χ2v) is 3.09. The molecule has 0 amide bonds. The Labute approximate surface area is 86.5 Å². The van der Waals surface area contributed by atoms with Gasteiger partial charge in [0.1, 0.15) is 0 Å². The van der Waals surface area contributed by atoms with Gasteiger partial charge in [-0.25, -0.2) is 8.78 Å². The fourth-order valence-corrected chi connectivity index (χ4v) is 1.15. The standard InChI is InChI=1S/C9H13F2N3O/c1-7-2-3-9(13-12-7)14(4-5-15)6-8(10)11/h2-3,8,15H,4-6H2,1H3. The fourth-order valence-electron chi connectivity index (χ4n) is 1.15. The minimum Gasteiger partial charge on any atom is -0.395 e. The number of hydrogen-bond donors (Lipinski definition) is 1. The van der Waals surface area contributed by atoms with Crippen LogP contribution in [0.25, 0.3) is 0 Å². The summed E-state index contributed by atoms with van der Waals surface area (Å²) in [6.45, 7) is 1.25. The van der Waals surface area contributed by atoms with E-state index in [1.165, 1.54) is 4.90 Å². The Morgan fingerprint density at radius 3 is 2.60 bits per heavy atom. The number of nitrogens with zero attached hydrogens (tertiary/aromatic N) is 3. The molecular weight excluding hydrogens is 204 g/mol. The first kappa shape index (κ1) is 11.8. The van der Waals surface area contributed by atoms with Crippen LogP contribution in [0.2, 0.25) is 0 Å². The number of halogens is 2. The van der Waals surface area contributed by atoms with Gasteiger partial charge in [-0.1, -0.05) is 0 Å². The highest BCUT2D eigenvalue weighted by atomic mass is 19.3. The van der Waals surface area contributed by atoms with Gasteiger partial charge < -0.3 is 10.0 Å². The number of hydrogen-bond acceptors (Lipinski definition) is 4. The lowest BCUT2D eigenvalue weighted by molar-refractivity contribution is 0.152. The van der Waals surface area contributed by atoms with Gasteiger partial charge in [0.15, 0.2) is 5.82 Å². The Hall–Kier alpha value is -1.30. The van der Waals surface area contributed by atoms with E-state index < -0.39 is 13.0 Å². The lowest BCUT2D eigenvalue weighted by Crippen LogP contribution is -2.32. The molecule has 0 saturated carbocycles. The van der Waals surface area contributed by atoms with Crippen LogP contribution in [0.5, 0.6) is 0 Å². The quantitative estimate of drug-likeness (QED) is 0.794. The predicted octanol–water partition coefficient (Wildman–Crippen LogP) is 0.849. The highest BCUT2D eigenvalue weighted by molar-refractivity contribution is 5.37. The van der Waals surface area contributed by atoms with E-state index in [0.29, 0.717) is 5.82 Å². The molecule has 6 heteroatoms. The zero-order valence-corrected chi connectivity index (χ0v) is 8.40. The van der Waals surface area contributed by atoms with Gasteiger partial charge in [-0.05, 0) is 19.1 Å². The highest BCUT2D eigenvalue weighted by Gasteiger charge is 2.13. The van der Waals surface area contributed by atoms with Gasteiger partial charge in [0.2, 0.25) is 0 Å². The second kappa shape index (κ2) is 5.55. The average Bonchev–Trinajstić information content (AvgIpc) is 2.17. The predicted molar refractivity (Wildman–Crippen MR) is 52.1 cm³/mol. The van der Waals surface area contributed by atoms with Crippen LogP contribution in [-0.2, 0) is 0 Å². The van der Waals surface area contributed by atoms with Crippen LogP contribution in [-0.4, -0.2) is 41.4 Å². The van der Waals surface area contributed by atoms with Crippen molar-refractivity contribution < 1.29 is 13.9 Å². The molecule has 1 aromatic heterocycles. The van der Waals surface area contributed by atoms with Gasteiger partial charge in [-0.3, -0.25) is 0 Å². The highest BCUT2D eigenvalue weighted by Crippen LogP contribution is 2.10. The summed E-state index contributed by atoms with van der Waals surface area (Å²) >= 11 is 0. The minimum absolute atomic E-state index is 0.127. The molecule has 0 atom stereocenters. The van der Waals surface area contributed by atoms with Crippen LogP contribution < -0.4 is 4.90 Å². The number of aliphatic hydroxyl groups excluding tert-OH is 1. The summed E-state index contributed by atoms with van der Waals surface area (Å²) in [5, 5.41) is 16.3. The topological polar surface area (TPSA) is 49.2 Å². The number of aromatic nitrogens is 2. The molecule has 1 rings (SSSR count). The minimum atomic E-state index is -2.46. The van der Waals surface area contributed by atoms with Crippen LogP contribution in [0.15, 0.2) is 12.1 Å². The van der Waals surface area contributed by atoms with E-state index in [-0.39, 0.29) is 13.2 Å². The van der Waals surface area contributed by atoms with Crippen LogP contribution in [0.4, 0.5) is 14.6 Å². The molecule has 15 heavy (non-hydrogen) atoms. The molecule has 0 unspecified atom stereocenters. The summed E-state index contributed by atoms with van der Waals surface area (Å²) in [5.74, 6) is 0.356. The van der Waals surface area contributed by atoms with Crippen molar-refractivity contribution in [2.45, 2.75) is 13.3 Å². The van der Waals surface area contributed by atoms with Crippen LogP contribution >= 0.6 is 0 Å². The van der Waals surface area contributed by atoms with Gasteiger partial charge in [0.05, 0.1) is 18.8 Å². The first-order valence-corrected chi connectivity index (χ1v) is 4.57. The number of alkyl halides is 2. The Bertz CT molecular complexity index is 292. The van der Waals surface area contributed by atoms with E-state index in [4.69, 9.17) is 5.11 Å². The summed E-state index contributed by atoms with van der Waals surface area (Å²) in [6.07, 6.45) is -2.46. The third-order valence-corrected chi connectivity index (χ3v) is 1.84. The molecule has 0 spiro atoms. The molecule has 0 bridgehead atoms. The van der Waals surface area contributed by atoms with Crippen LogP contribution in [0.1, 0.15) is 5.69 Å². The van der Waals surface area contributed by atoms with E-state index in [1.54, 1.807) is 19.1 Å². The van der Waals surface area contributed by atoms with Crippen molar-refractivity contribution in [3.05, 3.63) is 17.8 Å². The zero-order valence-electron chi connectivity index (χ0n) is 8.40. The van der Waals surface area contributed by atoms with Crippen molar-refractivity contribution in [1.82, 2.24) is 10.2 Å². The number of anilines is 1. The molecule has 0 fully saturated rings. The Morgan fingerprint density at radius 1 is 1.40 bits per heavy atom. The second-order valence-electron chi connectivity index (χ2n) is 3.09. The number of aryl methyl sites for hydroxylation is 1. The van der Waals surface area contributed by atoms with Crippen molar-refractivity contribution in [3.8, 4) is 0 Å². The molecule has 0 aromatic carbocycles. The third kappa shape index (κ3) is 3.75. The van der Waals surface area contributed by atoms with Crippen molar-refractivity contribution in [1.29, 1.82) is 0 Å². The van der Waals surface area contributed by atoms with Crippen molar-refractivity contribution in [2.75, 3.05) is 24.6 Å². The van der Waals surface area contributed by atoms with Crippen molar-refractivity contribution in [2.24, 2.45) is 0 Å². The van der Waals surface area contributed by atoms with Gasteiger partial charge in [-0.2, -0.15) is 5.10 Å². The molecule has 0 aliphatic rings. The van der Waals surface area contributed by atoms with Gasteiger partial charge in [-0.15, -0.1) is 5.10 Å². The molecule has 84 valence electrons. The molecule has 0 saturated heterocycles. The summed E-state index contributed by atoms with van der Waals surface area (Å²) < 4.78 is 24.4. The maximum atomic E-state index is 12.2. The van der Waals surface area contributed by atoms with Crippen molar-refractivity contribution >= 4 is 5.82 Å². The molecule has 1 N–H and O–H groups in total. The van der Waals surface area contributed by atoms with E-state index in [0.717, 1.165) is 5.69 Å². The summed E-state index contributed by atoms with van der Waals surface area (Å²) in [6, 6.07) is 3.30. The van der Waals surface area contributed by atoms with E-state index >= 15 is 0 Å². The monoisotopic (exact) mass is 217 g/mol. The third-order valence-electron chi connectivity index (χ3n) is 1.84. The fraction of sp³-hybridized carbons (Fsp3) is 0.556. The maximum absolute atomic E-state index is 12.2. The van der Waals surface area contributed by atoms with Crippen molar-refractivity contribution in [3.63, 3.8) is 0 Å². The zero-order chi connectivity index (χ0) is 11.3. The molecule has 4 nitrogen and oxygen atoms in total. The maximum Gasteiger partial charge on any atom is 0.255 e. The lowest BCUT2D eigenvalue weighted by atomic mass is 10.4. The number of rotatable bonds is 5. The van der Waals surface area contributed by atoms with Gasteiger partial charge >= 0.3 is 0 Å². The van der Waals surface area contributed by atoms with Gasteiger partial charge in [0.25, 0.3) is 6.43 Å². The van der Waals surface area contributed by atoms with E-state index in [9.17, 15) is 8.78 Å². The SMILES string of the molecule is Cc1ccc(N(CCO)CC(F)F)nn1. The first-order valence-electron chi connectivity index (χ1n) is 4.57. The normalized spacial score (nSPS) is 10.7.